The lowest BCUT2D eigenvalue weighted by atomic mass is 10.1. The Morgan fingerprint density at radius 1 is 1.33 bits per heavy atom. The minimum Gasteiger partial charge on any atom is -0.383 e. The molecule has 2 rings (SSSR count). The Bertz CT molecular complexity index is 528. The molecule has 0 aliphatic carbocycles. The zero-order valence-corrected chi connectivity index (χ0v) is 10.7. The van der Waals surface area contributed by atoms with Crippen molar-refractivity contribution in [2.45, 2.75) is 19.6 Å². The molecule has 2 aromatic rings. The third kappa shape index (κ3) is 2.97. The summed E-state index contributed by atoms with van der Waals surface area (Å²) < 4.78 is 10.7. The fourth-order valence-electron chi connectivity index (χ4n) is 1.81. The first-order valence-corrected chi connectivity index (χ1v) is 5.95. The number of pyridine rings is 1. The Morgan fingerprint density at radius 2 is 2.11 bits per heavy atom. The van der Waals surface area contributed by atoms with Gasteiger partial charge in [-0.2, -0.15) is 0 Å². The average Bonchev–Trinajstić information content (AvgIpc) is 2.36. The van der Waals surface area contributed by atoms with E-state index in [0.29, 0.717) is 19.0 Å². The number of nitrogens with two attached hydrogens (primary N) is 1. The number of methoxy groups -OCH3 is 1. The van der Waals surface area contributed by atoms with Gasteiger partial charge in [0.1, 0.15) is 5.82 Å². The van der Waals surface area contributed by atoms with Crippen molar-refractivity contribution in [1.82, 2.24) is 4.98 Å². The van der Waals surface area contributed by atoms with Gasteiger partial charge in [-0.25, -0.2) is 4.98 Å². The SMILES string of the molecule is COCC(C)OCc1cc2ccccc2nc1N. The van der Waals surface area contributed by atoms with Crippen molar-refractivity contribution in [2.75, 3.05) is 19.5 Å². The Labute approximate surface area is 107 Å². The zero-order valence-electron chi connectivity index (χ0n) is 10.7. The molecule has 1 aromatic heterocycles. The first-order valence-electron chi connectivity index (χ1n) is 5.95. The second-order valence-corrected chi connectivity index (χ2v) is 4.30. The van der Waals surface area contributed by atoms with E-state index in [0.717, 1.165) is 16.5 Å². The fourth-order valence-corrected chi connectivity index (χ4v) is 1.81. The predicted octanol–water partition coefficient (Wildman–Crippen LogP) is 2.37. The van der Waals surface area contributed by atoms with Crippen LogP contribution in [0.3, 0.4) is 0 Å². The van der Waals surface area contributed by atoms with Crippen molar-refractivity contribution in [3.63, 3.8) is 0 Å². The maximum absolute atomic E-state index is 5.92. The van der Waals surface area contributed by atoms with Gasteiger partial charge >= 0.3 is 0 Å². The van der Waals surface area contributed by atoms with Gasteiger partial charge in [-0.15, -0.1) is 0 Å². The van der Waals surface area contributed by atoms with Gasteiger partial charge < -0.3 is 15.2 Å². The van der Waals surface area contributed by atoms with Gasteiger partial charge in [0.05, 0.1) is 24.8 Å². The van der Waals surface area contributed by atoms with Gasteiger partial charge in [0.2, 0.25) is 0 Å². The number of nitrogens with zero attached hydrogens (tertiary/aromatic N) is 1. The fraction of sp³-hybridized carbons (Fsp3) is 0.357. The number of ether oxygens (including phenoxy) is 2. The zero-order chi connectivity index (χ0) is 13.0. The molecular weight excluding hydrogens is 228 g/mol. The van der Waals surface area contributed by atoms with Crippen LogP contribution in [-0.2, 0) is 16.1 Å². The molecule has 0 amide bonds. The number of rotatable bonds is 5. The average molecular weight is 246 g/mol. The van der Waals surface area contributed by atoms with Crippen LogP contribution in [0.1, 0.15) is 12.5 Å². The van der Waals surface area contributed by atoms with Crippen LogP contribution in [0.25, 0.3) is 10.9 Å². The highest BCUT2D eigenvalue weighted by atomic mass is 16.5. The van der Waals surface area contributed by atoms with E-state index >= 15 is 0 Å². The van der Waals surface area contributed by atoms with Crippen LogP contribution < -0.4 is 5.73 Å². The highest BCUT2D eigenvalue weighted by Crippen LogP contribution is 2.19. The molecule has 4 nitrogen and oxygen atoms in total. The molecule has 0 aliphatic heterocycles. The second kappa shape index (κ2) is 5.80. The Hall–Kier alpha value is -1.65. The molecule has 0 saturated carbocycles. The molecular formula is C14H18N2O2. The summed E-state index contributed by atoms with van der Waals surface area (Å²) in [6, 6.07) is 9.93. The molecule has 1 heterocycles. The van der Waals surface area contributed by atoms with E-state index in [1.165, 1.54) is 0 Å². The third-order valence-corrected chi connectivity index (χ3v) is 2.76. The lowest BCUT2D eigenvalue weighted by molar-refractivity contribution is 0.0000574. The molecule has 1 atom stereocenters. The molecule has 0 fully saturated rings. The van der Waals surface area contributed by atoms with Crippen molar-refractivity contribution in [2.24, 2.45) is 0 Å². The summed E-state index contributed by atoms with van der Waals surface area (Å²) in [7, 11) is 1.66. The maximum Gasteiger partial charge on any atom is 0.129 e. The van der Waals surface area contributed by atoms with Crippen LogP contribution >= 0.6 is 0 Å². The molecule has 18 heavy (non-hydrogen) atoms. The van der Waals surface area contributed by atoms with Gasteiger partial charge in [-0.05, 0) is 19.1 Å². The lowest BCUT2D eigenvalue weighted by Gasteiger charge is -2.13. The first kappa shape index (κ1) is 12.8. The molecule has 4 heteroatoms. The maximum atomic E-state index is 5.92. The molecule has 0 aliphatic rings. The van der Waals surface area contributed by atoms with Crippen LogP contribution in [0, 0.1) is 0 Å². The number of aromatic nitrogens is 1. The molecule has 0 saturated heterocycles. The van der Waals surface area contributed by atoms with Gasteiger partial charge in [0.15, 0.2) is 0 Å². The second-order valence-electron chi connectivity index (χ2n) is 4.30. The van der Waals surface area contributed by atoms with Crippen LogP contribution in [-0.4, -0.2) is 24.8 Å². The number of anilines is 1. The summed E-state index contributed by atoms with van der Waals surface area (Å²) in [5, 5.41) is 1.07. The lowest BCUT2D eigenvalue weighted by Crippen LogP contribution is -2.15. The normalized spacial score (nSPS) is 12.8. The van der Waals surface area contributed by atoms with E-state index in [1.807, 2.05) is 37.3 Å². The molecule has 96 valence electrons. The van der Waals surface area contributed by atoms with Crippen molar-refractivity contribution in [1.29, 1.82) is 0 Å². The molecule has 1 aromatic carbocycles. The number of benzene rings is 1. The van der Waals surface area contributed by atoms with Gasteiger partial charge in [0.25, 0.3) is 0 Å². The topological polar surface area (TPSA) is 57.4 Å². The van der Waals surface area contributed by atoms with Crippen LogP contribution in [0.15, 0.2) is 30.3 Å². The number of fused-ring (bicyclic) bond motifs is 1. The van der Waals surface area contributed by atoms with Gasteiger partial charge in [-0.3, -0.25) is 0 Å². The Morgan fingerprint density at radius 3 is 2.89 bits per heavy atom. The molecule has 0 bridgehead atoms. The minimum atomic E-state index is 0.0425. The van der Waals surface area contributed by atoms with Gasteiger partial charge in [0, 0.05) is 18.1 Å². The summed E-state index contributed by atoms with van der Waals surface area (Å²) in [4.78, 5) is 4.37. The molecule has 1 unspecified atom stereocenters. The summed E-state index contributed by atoms with van der Waals surface area (Å²) in [5.74, 6) is 0.526. The summed E-state index contributed by atoms with van der Waals surface area (Å²) in [6.07, 6.45) is 0.0425. The van der Waals surface area contributed by atoms with E-state index in [-0.39, 0.29) is 6.10 Å². The minimum absolute atomic E-state index is 0.0425. The highest BCUT2D eigenvalue weighted by Gasteiger charge is 2.07. The largest absolute Gasteiger partial charge is 0.383 e. The summed E-state index contributed by atoms with van der Waals surface area (Å²) in [5.41, 5.74) is 7.74. The number of hydrogen-bond donors (Lipinski definition) is 1. The molecule has 0 radical (unpaired) electrons. The Kier molecular flexibility index (Phi) is 4.12. The highest BCUT2D eigenvalue weighted by molar-refractivity contribution is 5.81. The summed E-state index contributed by atoms with van der Waals surface area (Å²) >= 11 is 0. The summed E-state index contributed by atoms with van der Waals surface area (Å²) in [6.45, 7) is 2.99. The van der Waals surface area contributed by atoms with Gasteiger partial charge in [-0.1, -0.05) is 18.2 Å². The molecule has 0 spiro atoms. The first-order chi connectivity index (χ1) is 8.70. The number of hydrogen-bond acceptors (Lipinski definition) is 4. The van der Waals surface area contributed by atoms with E-state index < -0.39 is 0 Å². The quantitative estimate of drug-likeness (QED) is 0.880. The van der Waals surface area contributed by atoms with Crippen molar-refractivity contribution in [3.8, 4) is 0 Å². The van der Waals surface area contributed by atoms with E-state index in [9.17, 15) is 0 Å². The van der Waals surface area contributed by atoms with Crippen LogP contribution in [0.5, 0.6) is 0 Å². The van der Waals surface area contributed by atoms with Crippen LogP contribution in [0.4, 0.5) is 5.82 Å². The standard InChI is InChI=1S/C14H18N2O2/c1-10(8-17-2)18-9-12-7-11-5-3-4-6-13(11)16-14(12)15/h3-7,10H,8-9H2,1-2H3,(H2,15,16). The van der Waals surface area contributed by atoms with E-state index in [2.05, 4.69) is 4.98 Å². The van der Waals surface area contributed by atoms with Crippen molar-refractivity contribution >= 4 is 16.7 Å². The number of para-hydroxylation sites is 1. The van der Waals surface area contributed by atoms with Crippen molar-refractivity contribution < 1.29 is 9.47 Å². The van der Waals surface area contributed by atoms with E-state index in [1.54, 1.807) is 7.11 Å². The third-order valence-electron chi connectivity index (χ3n) is 2.76. The van der Waals surface area contributed by atoms with Crippen molar-refractivity contribution in [3.05, 3.63) is 35.9 Å². The molecule has 2 N–H and O–H groups in total. The predicted molar refractivity (Wildman–Crippen MR) is 72.3 cm³/mol. The van der Waals surface area contributed by atoms with E-state index in [4.69, 9.17) is 15.2 Å². The van der Waals surface area contributed by atoms with Crippen LogP contribution in [0.2, 0.25) is 0 Å². The monoisotopic (exact) mass is 246 g/mol. The Balaban J connectivity index is 2.15. The number of nitrogen functional groups attached to an aromatic ring is 1. The smallest absolute Gasteiger partial charge is 0.129 e.